The van der Waals surface area contributed by atoms with E-state index in [-0.39, 0.29) is 11.4 Å². The van der Waals surface area contributed by atoms with Gasteiger partial charge in [-0.2, -0.15) is 0 Å². The molecule has 0 aromatic heterocycles. The molecule has 3 nitrogen and oxygen atoms in total. The molecular weight excluding hydrogens is 188 g/mol. The van der Waals surface area contributed by atoms with Crippen LogP contribution < -0.4 is 11.1 Å². The molecule has 0 radical (unpaired) electrons. The van der Waals surface area contributed by atoms with Gasteiger partial charge in [0.1, 0.15) is 0 Å². The largest absolute Gasteiger partial charge is 0.350 e. The zero-order chi connectivity index (χ0) is 10.7. The quantitative estimate of drug-likeness (QED) is 0.779. The number of amides is 1. The van der Waals surface area contributed by atoms with E-state index in [9.17, 15) is 4.79 Å². The topological polar surface area (TPSA) is 55.1 Å². The van der Waals surface area contributed by atoms with Crippen molar-refractivity contribution in [2.45, 2.75) is 24.8 Å². The van der Waals surface area contributed by atoms with Crippen LogP contribution in [0.3, 0.4) is 0 Å². The Kier molecular flexibility index (Phi) is 2.73. The first-order chi connectivity index (χ1) is 7.20. The van der Waals surface area contributed by atoms with E-state index >= 15 is 0 Å². The Morgan fingerprint density at radius 3 is 2.53 bits per heavy atom. The van der Waals surface area contributed by atoms with Crippen molar-refractivity contribution >= 4 is 5.91 Å². The molecule has 1 aromatic rings. The summed E-state index contributed by atoms with van der Waals surface area (Å²) in [4.78, 5) is 11.7. The van der Waals surface area contributed by atoms with Crippen LogP contribution in [0.15, 0.2) is 30.3 Å². The first-order valence-corrected chi connectivity index (χ1v) is 5.32. The fourth-order valence-electron chi connectivity index (χ4n) is 1.76. The normalized spacial score (nSPS) is 17.9. The molecule has 1 aliphatic rings. The van der Waals surface area contributed by atoms with Crippen LogP contribution in [0, 0.1) is 0 Å². The summed E-state index contributed by atoms with van der Waals surface area (Å²) in [6, 6.07) is 9.22. The molecule has 0 unspecified atom stereocenters. The maximum absolute atomic E-state index is 11.7. The fourth-order valence-corrected chi connectivity index (χ4v) is 1.76. The van der Waals surface area contributed by atoms with Crippen LogP contribution in [-0.2, 0) is 0 Å². The van der Waals surface area contributed by atoms with Gasteiger partial charge in [-0.3, -0.25) is 4.79 Å². The summed E-state index contributed by atoms with van der Waals surface area (Å²) in [6.07, 6.45) is 3.21. The Morgan fingerprint density at radius 2 is 2.00 bits per heavy atom. The second-order valence-electron chi connectivity index (χ2n) is 4.26. The van der Waals surface area contributed by atoms with Crippen LogP contribution in [0.4, 0.5) is 0 Å². The number of nitrogens with one attached hydrogen (secondary N) is 1. The molecule has 15 heavy (non-hydrogen) atoms. The van der Waals surface area contributed by atoms with Gasteiger partial charge in [-0.1, -0.05) is 18.2 Å². The minimum atomic E-state index is -0.148. The van der Waals surface area contributed by atoms with Gasteiger partial charge in [0, 0.05) is 17.6 Å². The Morgan fingerprint density at radius 1 is 1.33 bits per heavy atom. The van der Waals surface area contributed by atoms with E-state index in [0.29, 0.717) is 12.1 Å². The molecule has 1 saturated carbocycles. The van der Waals surface area contributed by atoms with Crippen LogP contribution in [-0.4, -0.2) is 18.0 Å². The molecule has 0 saturated heterocycles. The number of rotatable bonds is 3. The van der Waals surface area contributed by atoms with Crippen molar-refractivity contribution in [1.82, 2.24) is 5.32 Å². The molecule has 3 heteroatoms. The standard InChI is InChI=1S/C12H16N2O/c13-12(7-4-8-12)9-14-11(15)10-5-2-1-3-6-10/h1-3,5-6H,4,7-9,13H2,(H,14,15). The van der Waals surface area contributed by atoms with Crippen LogP contribution in [0.5, 0.6) is 0 Å². The van der Waals surface area contributed by atoms with Crippen molar-refractivity contribution in [3.05, 3.63) is 35.9 Å². The Bertz CT molecular complexity index is 344. The summed E-state index contributed by atoms with van der Waals surface area (Å²) in [5.74, 6) is -0.0349. The van der Waals surface area contributed by atoms with Gasteiger partial charge in [-0.25, -0.2) is 0 Å². The molecule has 1 amide bonds. The fraction of sp³-hybridized carbons (Fsp3) is 0.417. The molecule has 0 aliphatic heterocycles. The van der Waals surface area contributed by atoms with E-state index < -0.39 is 0 Å². The Balaban J connectivity index is 1.88. The van der Waals surface area contributed by atoms with Crippen molar-refractivity contribution in [2.24, 2.45) is 5.73 Å². The van der Waals surface area contributed by atoms with Gasteiger partial charge < -0.3 is 11.1 Å². The number of carbonyl (C=O) groups is 1. The number of hydrogen-bond donors (Lipinski definition) is 2. The monoisotopic (exact) mass is 204 g/mol. The first kappa shape index (κ1) is 10.2. The average molecular weight is 204 g/mol. The molecule has 0 spiro atoms. The van der Waals surface area contributed by atoms with Gasteiger partial charge in [0.2, 0.25) is 0 Å². The molecule has 0 atom stereocenters. The lowest BCUT2D eigenvalue weighted by molar-refractivity contribution is 0.0930. The molecule has 2 rings (SSSR count). The highest BCUT2D eigenvalue weighted by atomic mass is 16.1. The lowest BCUT2D eigenvalue weighted by Crippen LogP contribution is -2.54. The van der Waals surface area contributed by atoms with Crippen molar-refractivity contribution in [2.75, 3.05) is 6.54 Å². The van der Waals surface area contributed by atoms with Gasteiger partial charge in [0.05, 0.1) is 0 Å². The third-order valence-corrected chi connectivity index (χ3v) is 2.99. The Hall–Kier alpha value is -1.35. The van der Waals surface area contributed by atoms with E-state index in [1.807, 2.05) is 18.2 Å². The summed E-state index contributed by atoms with van der Waals surface area (Å²) in [6.45, 7) is 0.584. The average Bonchev–Trinajstić information content (AvgIpc) is 2.24. The van der Waals surface area contributed by atoms with Gasteiger partial charge in [0.25, 0.3) is 5.91 Å². The molecular formula is C12H16N2O. The summed E-state index contributed by atoms with van der Waals surface area (Å²) in [5, 5.41) is 2.88. The molecule has 1 aliphatic carbocycles. The zero-order valence-electron chi connectivity index (χ0n) is 8.70. The highest BCUT2D eigenvalue weighted by Crippen LogP contribution is 2.28. The van der Waals surface area contributed by atoms with Gasteiger partial charge in [-0.05, 0) is 31.4 Å². The predicted molar refractivity (Wildman–Crippen MR) is 59.5 cm³/mol. The molecule has 1 aromatic carbocycles. The molecule has 0 bridgehead atoms. The lowest BCUT2D eigenvalue weighted by Gasteiger charge is -2.38. The van der Waals surface area contributed by atoms with Crippen molar-refractivity contribution in [3.8, 4) is 0 Å². The zero-order valence-corrected chi connectivity index (χ0v) is 8.70. The number of benzene rings is 1. The maximum atomic E-state index is 11.7. The number of hydrogen-bond acceptors (Lipinski definition) is 2. The minimum Gasteiger partial charge on any atom is -0.350 e. The second-order valence-corrected chi connectivity index (χ2v) is 4.26. The third-order valence-electron chi connectivity index (χ3n) is 2.99. The van der Waals surface area contributed by atoms with Crippen molar-refractivity contribution in [3.63, 3.8) is 0 Å². The highest BCUT2D eigenvalue weighted by Gasteiger charge is 2.32. The van der Waals surface area contributed by atoms with Gasteiger partial charge in [-0.15, -0.1) is 0 Å². The predicted octanol–water partition coefficient (Wildman–Crippen LogP) is 1.30. The third kappa shape index (κ3) is 2.36. The minimum absolute atomic E-state index is 0.0349. The lowest BCUT2D eigenvalue weighted by atomic mass is 9.78. The van der Waals surface area contributed by atoms with E-state index in [2.05, 4.69) is 5.32 Å². The van der Waals surface area contributed by atoms with Crippen LogP contribution in [0.1, 0.15) is 29.6 Å². The van der Waals surface area contributed by atoms with E-state index in [1.54, 1.807) is 12.1 Å². The number of nitrogens with two attached hydrogens (primary N) is 1. The van der Waals surface area contributed by atoms with E-state index in [4.69, 9.17) is 5.73 Å². The summed E-state index contributed by atoms with van der Waals surface area (Å²) >= 11 is 0. The van der Waals surface area contributed by atoms with Crippen LogP contribution in [0.25, 0.3) is 0 Å². The molecule has 0 heterocycles. The second kappa shape index (κ2) is 4.03. The van der Waals surface area contributed by atoms with E-state index in [0.717, 1.165) is 12.8 Å². The van der Waals surface area contributed by atoms with Gasteiger partial charge in [0.15, 0.2) is 0 Å². The summed E-state index contributed by atoms with van der Waals surface area (Å²) < 4.78 is 0. The van der Waals surface area contributed by atoms with Crippen molar-refractivity contribution < 1.29 is 4.79 Å². The van der Waals surface area contributed by atoms with E-state index in [1.165, 1.54) is 6.42 Å². The maximum Gasteiger partial charge on any atom is 0.251 e. The molecule has 80 valence electrons. The van der Waals surface area contributed by atoms with Crippen LogP contribution >= 0.6 is 0 Å². The summed E-state index contributed by atoms with van der Waals surface area (Å²) in [5.41, 5.74) is 6.56. The Labute approximate surface area is 89.7 Å². The highest BCUT2D eigenvalue weighted by molar-refractivity contribution is 5.94. The smallest absolute Gasteiger partial charge is 0.251 e. The first-order valence-electron chi connectivity index (χ1n) is 5.32. The SMILES string of the molecule is NC1(CNC(=O)c2ccccc2)CCC1. The van der Waals surface area contributed by atoms with Gasteiger partial charge >= 0.3 is 0 Å². The molecule has 1 fully saturated rings. The molecule has 3 N–H and O–H groups in total. The number of carbonyl (C=O) groups excluding carboxylic acids is 1. The van der Waals surface area contributed by atoms with Crippen molar-refractivity contribution in [1.29, 1.82) is 0 Å². The summed E-state index contributed by atoms with van der Waals surface area (Å²) in [7, 11) is 0. The van der Waals surface area contributed by atoms with Crippen LogP contribution in [0.2, 0.25) is 0 Å².